The summed E-state index contributed by atoms with van der Waals surface area (Å²) in [5, 5.41) is 1.20. The Labute approximate surface area is 130 Å². The zero-order valence-electron chi connectivity index (χ0n) is 12.7. The zero-order chi connectivity index (χ0) is 15.4. The molecule has 0 N–H and O–H groups in total. The van der Waals surface area contributed by atoms with E-state index in [1.807, 2.05) is 25.1 Å². The van der Waals surface area contributed by atoms with Gasteiger partial charge in [-0.25, -0.2) is 0 Å². The molecule has 0 spiro atoms. The number of carbonyl (C=O) groups is 1. The Hall–Kier alpha value is -2.61. The van der Waals surface area contributed by atoms with E-state index >= 15 is 0 Å². The molecule has 110 valence electrons. The smallest absolute Gasteiger partial charge is 0.155 e. The van der Waals surface area contributed by atoms with Crippen molar-refractivity contribution in [3.05, 3.63) is 78.0 Å². The van der Waals surface area contributed by atoms with Crippen molar-refractivity contribution in [2.75, 3.05) is 0 Å². The summed E-state index contributed by atoms with van der Waals surface area (Å²) in [5.41, 5.74) is 3.50. The predicted octanol–water partition coefficient (Wildman–Crippen LogP) is 4.68. The maximum Gasteiger partial charge on any atom is 0.155 e. The van der Waals surface area contributed by atoms with Crippen LogP contribution in [-0.4, -0.2) is 10.4 Å². The van der Waals surface area contributed by atoms with Crippen LogP contribution in [-0.2, 0) is 11.3 Å². The van der Waals surface area contributed by atoms with Gasteiger partial charge in [-0.15, -0.1) is 0 Å². The van der Waals surface area contributed by atoms with Crippen molar-refractivity contribution in [2.45, 2.75) is 19.9 Å². The van der Waals surface area contributed by atoms with E-state index in [1.165, 1.54) is 16.5 Å². The van der Waals surface area contributed by atoms with Crippen LogP contribution in [0.3, 0.4) is 0 Å². The van der Waals surface area contributed by atoms with Gasteiger partial charge in [0.05, 0.1) is 0 Å². The lowest BCUT2D eigenvalue weighted by Gasteiger charge is -2.09. The Bertz CT molecular complexity index is 812. The molecule has 1 heterocycles. The van der Waals surface area contributed by atoms with Crippen LogP contribution in [0.4, 0.5) is 0 Å². The van der Waals surface area contributed by atoms with Crippen molar-refractivity contribution < 1.29 is 4.79 Å². The highest BCUT2D eigenvalue weighted by Crippen LogP contribution is 2.22. The van der Waals surface area contributed by atoms with Gasteiger partial charge >= 0.3 is 0 Å². The van der Waals surface area contributed by atoms with Crippen LogP contribution >= 0.6 is 0 Å². The summed E-state index contributed by atoms with van der Waals surface area (Å²) in [5.74, 6) is 0.150. The summed E-state index contributed by atoms with van der Waals surface area (Å²) >= 11 is 0. The van der Waals surface area contributed by atoms with Gasteiger partial charge in [-0.1, -0.05) is 55.5 Å². The molecule has 0 bridgehead atoms. The summed E-state index contributed by atoms with van der Waals surface area (Å²) in [6.45, 7) is 2.68. The van der Waals surface area contributed by atoms with Crippen molar-refractivity contribution in [3.8, 4) is 0 Å². The summed E-state index contributed by atoms with van der Waals surface area (Å²) in [4.78, 5) is 11.6. The Morgan fingerprint density at radius 1 is 1.05 bits per heavy atom. The van der Waals surface area contributed by atoms with E-state index in [1.54, 1.807) is 6.08 Å². The second-order valence-corrected chi connectivity index (χ2v) is 5.35. The van der Waals surface area contributed by atoms with E-state index in [2.05, 4.69) is 53.1 Å². The standard InChI is InChI=1S/C20H19NO/c1-2-19(22)13-12-18-14-17-10-6-7-11-20(17)21(18)15-16-8-4-3-5-9-16/h3-14H,2,15H2,1H3. The number of fused-ring (bicyclic) bond motifs is 1. The molecule has 2 heteroatoms. The maximum atomic E-state index is 11.6. The molecule has 0 radical (unpaired) electrons. The van der Waals surface area contributed by atoms with Crippen molar-refractivity contribution >= 4 is 22.8 Å². The molecule has 0 fully saturated rings. The first-order valence-corrected chi connectivity index (χ1v) is 7.61. The molecule has 0 unspecified atom stereocenters. The molecule has 0 saturated heterocycles. The number of allylic oxidation sites excluding steroid dienone is 1. The molecule has 3 aromatic rings. The van der Waals surface area contributed by atoms with Gasteiger partial charge < -0.3 is 4.57 Å². The van der Waals surface area contributed by atoms with Crippen LogP contribution in [0.1, 0.15) is 24.6 Å². The number of carbonyl (C=O) groups excluding carboxylic acids is 1. The number of ketones is 1. The minimum absolute atomic E-state index is 0.150. The van der Waals surface area contributed by atoms with E-state index in [4.69, 9.17) is 0 Å². The zero-order valence-corrected chi connectivity index (χ0v) is 12.7. The molecule has 0 aliphatic rings. The highest BCUT2D eigenvalue weighted by atomic mass is 16.1. The molecule has 2 nitrogen and oxygen atoms in total. The monoisotopic (exact) mass is 289 g/mol. The highest BCUT2D eigenvalue weighted by Gasteiger charge is 2.07. The largest absolute Gasteiger partial charge is 0.336 e. The molecule has 0 atom stereocenters. The highest BCUT2D eigenvalue weighted by molar-refractivity contribution is 5.94. The summed E-state index contributed by atoms with van der Waals surface area (Å²) in [6.07, 6.45) is 4.14. The molecular weight excluding hydrogens is 270 g/mol. The first-order chi connectivity index (χ1) is 10.8. The molecular formula is C20H19NO. The van der Waals surface area contributed by atoms with E-state index in [0.717, 1.165) is 12.2 Å². The average molecular weight is 289 g/mol. The summed E-state index contributed by atoms with van der Waals surface area (Å²) in [6, 6.07) is 20.8. The van der Waals surface area contributed by atoms with Gasteiger partial charge in [0.15, 0.2) is 5.78 Å². The molecule has 0 aliphatic heterocycles. The fraction of sp³-hybridized carbons (Fsp3) is 0.150. The number of aromatic nitrogens is 1. The average Bonchev–Trinajstić information content (AvgIpc) is 2.91. The van der Waals surface area contributed by atoms with Crippen LogP contribution in [0.15, 0.2) is 66.7 Å². The van der Waals surface area contributed by atoms with Gasteiger partial charge in [0.1, 0.15) is 0 Å². The lowest BCUT2D eigenvalue weighted by atomic mass is 10.2. The van der Waals surface area contributed by atoms with Crippen LogP contribution < -0.4 is 0 Å². The van der Waals surface area contributed by atoms with Gasteiger partial charge in [0.2, 0.25) is 0 Å². The van der Waals surface area contributed by atoms with Crippen LogP contribution in [0.5, 0.6) is 0 Å². The minimum Gasteiger partial charge on any atom is -0.336 e. The number of rotatable bonds is 5. The molecule has 0 aliphatic carbocycles. The first-order valence-electron chi connectivity index (χ1n) is 7.61. The van der Waals surface area contributed by atoms with Crippen molar-refractivity contribution in [1.29, 1.82) is 0 Å². The number of hydrogen-bond donors (Lipinski definition) is 0. The normalized spacial score (nSPS) is 11.3. The number of nitrogens with zero attached hydrogens (tertiary/aromatic N) is 1. The topological polar surface area (TPSA) is 22.0 Å². The Morgan fingerprint density at radius 2 is 1.77 bits per heavy atom. The third-order valence-corrected chi connectivity index (χ3v) is 3.81. The van der Waals surface area contributed by atoms with Crippen LogP contribution in [0, 0.1) is 0 Å². The molecule has 3 rings (SSSR count). The number of para-hydroxylation sites is 1. The van der Waals surface area contributed by atoms with Crippen LogP contribution in [0.25, 0.3) is 17.0 Å². The molecule has 2 aromatic carbocycles. The SMILES string of the molecule is CCC(=O)C=Cc1cc2ccccc2n1Cc1ccccc1. The molecule has 1 aromatic heterocycles. The summed E-state index contributed by atoms with van der Waals surface area (Å²) in [7, 11) is 0. The van der Waals surface area contributed by atoms with Gasteiger partial charge in [-0.05, 0) is 29.8 Å². The molecule has 0 saturated carbocycles. The van der Waals surface area contributed by atoms with Crippen molar-refractivity contribution in [3.63, 3.8) is 0 Å². The van der Waals surface area contributed by atoms with Gasteiger partial charge in [-0.2, -0.15) is 0 Å². The van der Waals surface area contributed by atoms with Crippen LogP contribution in [0.2, 0.25) is 0 Å². The summed E-state index contributed by atoms with van der Waals surface area (Å²) < 4.78 is 2.25. The maximum absolute atomic E-state index is 11.6. The number of hydrogen-bond acceptors (Lipinski definition) is 1. The predicted molar refractivity (Wildman–Crippen MR) is 91.8 cm³/mol. The van der Waals surface area contributed by atoms with Crippen molar-refractivity contribution in [2.24, 2.45) is 0 Å². The lowest BCUT2D eigenvalue weighted by molar-refractivity contribution is -0.114. The molecule has 22 heavy (non-hydrogen) atoms. The minimum atomic E-state index is 0.150. The molecule has 0 amide bonds. The fourth-order valence-electron chi connectivity index (χ4n) is 2.61. The second-order valence-electron chi connectivity index (χ2n) is 5.35. The third-order valence-electron chi connectivity index (χ3n) is 3.81. The van der Waals surface area contributed by atoms with Crippen molar-refractivity contribution in [1.82, 2.24) is 4.57 Å². The van der Waals surface area contributed by atoms with Gasteiger partial charge in [0.25, 0.3) is 0 Å². The third kappa shape index (κ3) is 3.01. The Balaban J connectivity index is 2.05. The van der Waals surface area contributed by atoms with Gasteiger partial charge in [0, 0.05) is 29.6 Å². The second kappa shape index (κ2) is 6.44. The lowest BCUT2D eigenvalue weighted by Crippen LogP contribution is -2.01. The fourth-order valence-corrected chi connectivity index (χ4v) is 2.61. The first kappa shape index (κ1) is 14.3. The van der Waals surface area contributed by atoms with E-state index in [-0.39, 0.29) is 5.78 Å². The Kier molecular flexibility index (Phi) is 4.19. The quantitative estimate of drug-likeness (QED) is 0.625. The van der Waals surface area contributed by atoms with Gasteiger partial charge in [-0.3, -0.25) is 4.79 Å². The van der Waals surface area contributed by atoms with E-state index < -0.39 is 0 Å². The number of benzene rings is 2. The van der Waals surface area contributed by atoms with E-state index in [0.29, 0.717) is 6.42 Å². The van der Waals surface area contributed by atoms with E-state index in [9.17, 15) is 4.79 Å². The Morgan fingerprint density at radius 3 is 2.55 bits per heavy atom.